The van der Waals surface area contributed by atoms with Crippen LogP contribution in [0.15, 0.2) is 12.1 Å². The quantitative estimate of drug-likeness (QED) is 0.712. The number of Topliss-reactive ketones (excluding diaryl/α,β-unsaturated/α-hetero) is 1. The van der Waals surface area contributed by atoms with Gasteiger partial charge in [-0.1, -0.05) is 11.6 Å². The number of hydrogen-bond acceptors (Lipinski definition) is 2. The van der Waals surface area contributed by atoms with Crippen LogP contribution in [0.25, 0.3) is 0 Å². The van der Waals surface area contributed by atoms with Crippen molar-refractivity contribution >= 4 is 23.1 Å². The minimum absolute atomic E-state index is 0.200. The van der Waals surface area contributed by atoms with E-state index in [-0.39, 0.29) is 11.8 Å². The summed E-state index contributed by atoms with van der Waals surface area (Å²) in [7, 11) is 0. The first-order chi connectivity index (χ1) is 6.59. The Hall–Kier alpha value is -1.02. The number of halogens is 1. The Balaban J connectivity index is 2.59. The molecule has 2 rings (SSSR count). The molecule has 0 aromatic heterocycles. The Morgan fingerprint density at radius 3 is 2.93 bits per heavy atom. The van der Waals surface area contributed by atoms with Gasteiger partial charge in [-0.2, -0.15) is 0 Å². The molecule has 2 nitrogen and oxygen atoms in total. The van der Waals surface area contributed by atoms with Crippen LogP contribution in [0.5, 0.6) is 0 Å². The first kappa shape index (κ1) is 9.53. The number of ketones is 1. The van der Waals surface area contributed by atoms with E-state index in [0.29, 0.717) is 11.4 Å². The van der Waals surface area contributed by atoms with Crippen LogP contribution in [0.3, 0.4) is 0 Å². The van der Waals surface area contributed by atoms with Crippen molar-refractivity contribution < 1.29 is 4.79 Å². The maximum atomic E-state index is 11.7. The number of hydrogen-bond donors (Lipinski definition) is 1. The standard InChI is InChI=1S/C11H12ClNO/c1-6-5-10(14)8-3-4-9(12)7(2)11(8)13-6/h3-4,6,13H,5H2,1-2H3. The van der Waals surface area contributed by atoms with Crippen molar-refractivity contribution in [3.63, 3.8) is 0 Å². The Kier molecular flexibility index (Phi) is 2.23. The molecule has 0 radical (unpaired) electrons. The molecule has 0 spiro atoms. The van der Waals surface area contributed by atoms with Crippen LogP contribution in [0.4, 0.5) is 5.69 Å². The number of benzene rings is 1. The third-order valence-corrected chi connectivity index (χ3v) is 2.99. The highest BCUT2D eigenvalue weighted by Gasteiger charge is 2.23. The first-order valence-corrected chi connectivity index (χ1v) is 5.06. The normalized spacial score (nSPS) is 20.2. The van der Waals surface area contributed by atoms with Crippen molar-refractivity contribution in [2.45, 2.75) is 26.3 Å². The summed E-state index contributed by atoms with van der Waals surface area (Å²) in [5, 5.41) is 4.00. The SMILES string of the molecule is Cc1c(Cl)ccc2c1NC(C)CC2=O. The van der Waals surface area contributed by atoms with Gasteiger partial charge in [0.1, 0.15) is 0 Å². The van der Waals surface area contributed by atoms with E-state index in [1.54, 1.807) is 12.1 Å². The Bertz CT molecular complexity index is 401. The lowest BCUT2D eigenvalue weighted by Crippen LogP contribution is -2.27. The minimum atomic E-state index is 0.200. The lowest BCUT2D eigenvalue weighted by Gasteiger charge is -2.25. The van der Waals surface area contributed by atoms with Crippen LogP contribution >= 0.6 is 11.6 Å². The van der Waals surface area contributed by atoms with E-state index in [9.17, 15) is 4.79 Å². The third-order valence-electron chi connectivity index (χ3n) is 2.58. The Labute approximate surface area is 88.3 Å². The monoisotopic (exact) mass is 209 g/mol. The van der Waals surface area contributed by atoms with Crippen molar-refractivity contribution in [2.24, 2.45) is 0 Å². The van der Waals surface area contributed by atoms with Gasteiger partial charge >= 0.3 is 0 Å². The fraction of sp³-hybridized carbons (Fsp3) is 0.364. The molecule has 1 aliphatic rings. The van der Waals surface area contributed by atoms with Gasteiger partial charge in [-0.3, -0.25) is 4.79 Å². The largest absolute Gasteiger partial charge is 0.381 e. The molecule has 0 saturated heterocycles. The summed E-state index contributed by atoms with van der Waals surface area (Å²) in [5.41, 5.74) is 2.63. The number of fused-ring (bicyclic) bond motifs is 1. The first-order valence-electron chi connectivity index (χ1n) is 4.68. The van der Waals surface area contributed by atoms with E-state index in [1.807, 2.05) is 13.8 Å². The molecule has 0 amide bonds. The molecule has 1 aromatic rings. The van der Waals surface area contributed by atoms with Crippen molar-refractivity contribution in [1.29, 1.82) is 0 Å². The number of carbonyl (C=O) groups excluding carboxylic acids is 1. The van der Waals surface area contributed by atoms with Gasteiger partial charge in [-0.15, -0.1) is 0 Å². The zero-order valence-electron chi connectivity index (χ0n) is 8.23. The molecule has 1 aromatic carbocycles. The van der Waals surface area contributed by atoms with Crippen molar-refractivity contribution in [1.82, 2.24) is 0 Å². The van der Waals surface area contributed by atoms with Crippen LogP contribution in [-0.2, 0) is 0 Å². The maximum Gasteiger partial charge on any atom is 0.166 e. The highest BCUT2D eigenvalue weighted by Crippen LogP contribution is 2.32. The average molecular weight is 210 g/mol. The zero-order valence-corrected chi connectivity index (χ0v) is 8.98. The number of nitrogens with one attached hydrogen (secondary N) is 1. The molecule has 0 bridgehead atoms. The van der Waals surface area contributed by atoms with Crippen LogP contribution in [-0.4, -0.2) is 11.8 Å². The fourth-order valence-corrected chi connectivity index (χ4v) is 1.95. The molecule has 14 heavy (non-hydrogen) atoms. The highest BCUT2D eigenvalue weighted by atomic mass is 35.5. The molecular weight excluding hydrogens is 198 g/mol. The summed E-state index contributed by atoms with van der Waals surface area (Å²) in [6, 6.07) is 3.78. The summed E-state index contributed by atoms with van der Waals surface area (Å²) >= 11 is 5.99. The average Bonchev–Trinajstić information content (AvgIpc) is 2.12. The summed E-state index contributed by atoms with van der Waals surface area (Å²) in [6.45, 7) is 3.93. The molecule has 0 aliphatic carbocycles. The summed E-state index contributed by atoms with van der Waals surface area (Å²) in [6.07, 6.45) is 0.564. The van der Waals surface area contributed by atoms with Crippen molar-refractivity contribution in [3.05, 3.63) is 28.3 Å². The van der Waals surface area contributed by atoms with E-state index in [4.69, 9.17) is 11.6 Å². The molecule has 74 valence electrons. The van der Waals surface area contributed by atoms with Crippen LogP contribution in [0.2, 0.25) is 5.02 Å². The van der Waals surface area contributed by atoms with Gasteiger partial charge in [-0.25, -0.2) is 0 Å². The van der Waals surface area contributed by atoms with Crippen LogP contribution in [0.1, 0.15) is 29.3 Å². The molecule has 1 atom stereocenters. The molecule has 1 unspecified atom stereocenters. The highest BCUT2D eigenvalue weighted by molar-refractivity contribution is 6.32. The number of rotatable bonds is 0. The minimum Gasteiger partial charge on any atom is -0.381 e. The molecular formula is C11H12ClNO. The van der Waals surface area contributed by atoms with Gasteiger partial charge < -0.3 is 5.32 Å². The second-order valence-electron chi connectivity index (χ2n) is 3.77. The predicted molar refractivity (Wildman–Crippen MR) is 58.2 cm³/mol. The van der Waals surface area contributed by atoms with E-state index in [2.05, 4.69) is 5.32 Å². The maximum absolute atomic E-state index is 11.7. The third kappa shape index (κ3) is 1.40. The fourth-order valence-electron chi connectivity index (χ4n) is 1.79. The number of carbonyl (C=O) groups is 1. The Morgan fingerprint density at radius 2 is 2.21 bits per heavy atom. The molecule has 0 fully saturated rings. The van der Waals surface area contributed by atoms with Gasteiger partial charge in [0.05, 0.1) is 0 Å². The second kappa shape index (κ2) is 3.28. The molecule has 1 N–H and O–H groups in total. The lowest BCUT2D eigenvalue weighted by molar-refractivity contribution is 0.0974. The van der Waals surface area contributed by atoms with Crippen LogP contribution < -0.4 is 5.32 Å². The summed E-state index contributed by atoms with van der Waals surface area (Å²) in [5.74, 6) is 0.200. The molecule has 0 saturated carbocycles. The van der Waals surface area contributed by atoms with Gasteiger partial charge in [0, 0.05) is 28.7 Å². The van der Waals surface area contributed by atoms with Crippen LogP contribution in [0, 0.1) is 6.92 Å². The van der Waals surface area contributed by atoms with Gasteiger partial charge in [0.2, 0.25) is 0 Å². The van der Waals surface area contributed by atoms with Gasteiger partial charge in [0.25, 0.3) is 0 Å². The second-order valence-corrected chi connectivity index (χ2v) is 4.17. The predicted octanol–water partition coefficient (Wildman–Crippen LogP) is 3.04. The Morgan fingerprint density at radius 1 is 1.50 bits per heavy atom. The van der Waals surface area contributed by atoms with E-state index < -0.39 is 0 Å². The van der Waals surface area contributed by atoms with E-state index in [0.717, 1.165) is 16.8 Å². The smallest absolute Gasteiger partial charge is 0.166 e. The lowest BCUT2D eigenvalue weighted by atomic mass is 9.95. The van der Waals surface area contributed by atoms with Crippen molar-refractivity contribution in [3.8, 4) is 0 Å². The van der Waals surface area contributed by atoms with Crippen molar-refractivity contribution in [2.75, 3.05) is 5.32 Å². The van der Waals surface area contributed by atoms with Gasteiger partial charge in [-0.05, 0) is 31.5 Å². The topological polar surface area (TPSA) is 29.1 Å². The summed E-state index contributed by atoms with van der Waals surface area (Å²) < 4.78 is 0. The molecule has 3 heteroatoms. The molecule has 1 aliphatic heterocycles. The zero-order chi connectivity index (χ0) is 10.3. The van der Waals surface area contributed by atoms with E-state index >= 15 is 0 Å². The summed E-state index contributed by atoms with van der Waals surface area (Å²) in [4.78, 5) is 11.7. The number of anilines is 1. The van der Waals surface area contributed by atoms with E-state index in [1.165, 1.54) is 0 Å². The molecule has 1 heterocycles. The van der Waals surface area contributed by atoms with Gasteiger partial charge in [0.15, 0.2) is 5.78 Å².